The Morgan fingerprint density at radius 2 is 2.10 bits per heavy atom. The summed E-state index contributed by atoms with van der Waals surface area (Å²) in [5.74, 6) is -0.916. The fourth-order valence-corrected chi connectivity index (χ4v) is 2.91. The molecule has 5 heteroatoms. The molecule has 0 radical (unpaired) electrons. The quantitative estimate of drug-likeness (QED) is 0.775. The van der Waals surface area contributed by atoms with Crippen LogP contribution in [-0.2, 0) is 16.0 Å². The molecule has 0 bridgehead atoms. The summed E-state index contributed by atoms with van der Waals surface area (Å²) in [5.41, 5.74) is 1.38. The van der Waals surface area contributed by atoms with E-state index in [0.29, 0.717) is 19.3 Å². The predicted molar refractivity (Wildman–Crippen MR) is 74.5 cm³/mol. The number of nitrogens with one attached hydrogen (secondary N) is 2. The van der Waals surface area contributed by atoms with Crippen LogP contribution in [0, 0.1) is 5.41 Å². The summed E-state index contributed by atoms with van der Waals surface area (Å²) in [6.45, 7) is 0.232. The molecule has 1 aliphatic carbocycles. The number of hydrogen-bond donors (Lipinski definition) is 3. The smallest absolute Gasteiger partial charge is 0.311 e. The molecule has 5 nitrogen and oxygen atoms in total. The topological polar surface area (TPSA) is 78.4 Å². The van der Waals surface area contributed by atoms with Gasteiger partial charge in [-0.3, -0.25) is 9.59 Å². The standard InChI is InChI=1S/C15H18N2O3/c18-13(16-9-15(14(19)20)6-3-7-15)12-8-10-4-1-2-5-11(10)17-12/h1-2,4-5,12,17H,3,6-9H2,(H,16,18)(H,19,20)/t12-/m0/s1. The molecule has 2 aliphatic rings. The minimum absolute atomic E-state index is 0.117. The lowest BCUT2D eigenvalue weighted by Gasteiger charge is -2.37. The van der Waals surface area contributed by atoms with E-state index >= 15 is 0 Å². The van der Waals surface area contributed by atoms with Gasteiger partial charge in [0, 0.05) is 18.7 Å². The number of carboxylic acids is 1. The van der Waals surface area contributed by atoms with Crippen LogP contribution in [0.2, 0.25) is 0 Å². The summed E-state index contributed by atoms with van der Waals surface area (Å²) < 4.78 is 0. The highest BCUT2D eigenvalue weighted by Gasteiger charge is 2.44. The number of benzene rings is 1. The van der Waals surface area contributed by atoms with Gasteiger partial charge in [0.25, 0.3) is 0 Å². The van der Waals surface area contributed by atoms with Crippen LogP contribution in [0.15, 0.2) is 24.3 Å². The van der Waals surface area contributed by atoms with Gasteiger partial charge < -0.3 is 15.7 Å². The third-order valence-corrected chi connectivity index (χ3v) is 4.45. The van der Waals surface area contributed by atoms with E-state index in [-0.39, 0.29) is 18.5 Å². The molecular weight excluding hydrogens is 256 g/mol. The van der Waals surface area contributed by atoms with Crippen LogP contribution in [0.3, 0.4) is 0 Å². The first-order chi connectivity index (χ1) is 9.61. The van der Waals surface area contributed by atoms with Crippen molar-refractivity contribution in [3.05, 3.63) is 29.8 Å². The van der Waals surface area contributed by atoms with E-state index in [4.69, 9.17) is 0 Å². The maximum absolute atomic E-state index is 12.2. The first kappa shape index (κ1) is 13.0. The van der Waals surface area contributed by atoms with Crippen molar-refractivity contribution in [3.8, 4) is 0 Å². The molecular formula is C15H18N2O3. The second-order valence-corrected chi connectivity index (χ2v) is 5.72. The Morgan fingerprint density at radius 1 is 1.35 bits per heavy atom. The molecule has 1 heterocycles. The Kier molecular flexibility index (Phi) is 3.12. The van der Waals surface area contributed by atoms with E-state index in [1.165, 1.54) is 0 Å². The van der Waals surface area contributed by atoms with Gasteiger partial charge in [-0.25, -0.2) is 0 Å². The van der Waals surface area contributed by atoms with Crippen molar-refractivity contribution in [1.29, 1.82) is 0 Å². The second kappa shape index (κ2) is 4.81. The molecule has 0 saturated heterocycles. The molecule has 1 fully saturated rings. The van der Waals surface area contributed by atoms with Gasteiger partial charge in [0.1, 0.15) is 6.04 Å². The monoisotopic (exact) mass is 274 g/mol. The Balaban J connectivity index is 1.58. The molecule has 1 aromatic carbocycles. The third-order valence-electron chi connectivity index (χ3n) is 4.45. The molecule has 1 atom stereocenters. The Labute approximate surface area is 117 Å². The fourth-order valence-electron chi connectivity index (χ4n) is 2.91. The largest absolute Gasteiger partial charge is 0.481 e. The number of carboxylic acid groups (broad SMARTS) is 1. The van der Waals surface area contributed by atoms with Crippen molar-refractivity contribution in [1.82, 2.24) is 5.32 Å². The minimum Gasteiger partial charge on any atom is -0.481 e. The average Bonchev–Trinajstić information content (AvgIpc) is 2.80. The number of hydrogen-bond acceptors (Lipinski definition) is 3. The number of amides is 1. The maximum Gasteiger partial charge on any atom is 0.311 e. The van der Waals surface area contributed by atoms with Crippen LogP contribution in [0.25, 0.3) is 0 Å². The van der Waals surface area contributed by atoms with E-state index < -0.39 is 11.4 Å². The predicted octanol–water partition coefficient (Wildman–Crippen LogP) is 1.39. The van der Waals surface area contributed by atoms with E-state index in [1.807, 2.05) is 24.3 Å². The number of carbonyl (C=O) groups excluding carboxylic acids is 1. The minimum atomic E-state index is -0.799. The molecule has 3 N–H and O–H groups in total. The molecule has 106 valence electrons. The lowest BCUT2D eigenvalue weighted by molar-refractivity contribution is -0.154. The van der Waals surface area contributed by atoms with Crippen LogP contribution in [-0.4, -0.2) is 29.6 Å². The molecule has 3 rings (SSSR count). The first-order valence-corrected chi connectivity index (χ1v) is 6.96. The zero-order valence-electron chi connectivity index (χ0n) is 11.2. The third kappa shape index (κ3) is 2.13. The normalized spacial score (nSPS) is 22.3. The van der Waals surface area contributed by atoms with Crippen molar-refractivity contribution in [3.63, 3.8) is 0 Å². The summed E-state index contributed by atoms with van der Waals surface area (Å²) in [4.78, 5) is 23.4. The van der Waals surface area contributed by atoms with Crippen molar-refractivity contribution in [2.45, 2.75) is 31.7 Å². The van der Waals surface area contributed by atoms with Gasteiger partial charge in [0.05, 0.1) is 5.41 Å². The molecule has 0 aromatic heterocycles. The van der Waals surface area contributed by atoms with Crippen molar-refractivity contribution < 1.29 is 14.7 Å². The van der Waals surface area contributed by atoms with E-state index in [0.717, 1.165) is 17.7 Å². The van der Waals surface area contributed by atoms with Crippen LogP contribution in [0.4, 0.5) is 5.69 Å². The van der Waals surface area contributed by atoms with Gasteiger partial charge in [-0.1, -0.05) is 24.6 Å². The highest BCUT2D eigenvalue weighted by Crippen LogP contribution is 2.40. The summed E-state index contributed by atoms with van der Waals surface area (Å²) in [7, 11) is 0. The van der Waals surface area contributed by atoms with Crippen molar-refractivity contribution in [2.75, 3.05) is 11.9 Å². The molecule has 1 amide bonds. The number of anilines is 1. The Bertz CT molecular complexity index is 527. The van der Waals surface area contributed by atoms with Crippen LogP contribution >= 0.6 is 0 Å². The van der Waals surface area contributed by atoms with Crippen LogP contribution < -0.4 is 10.6 Å². The van der Waals surface area contributed by atoms with Gasteiger partial charge in [-0.05, 0) is 24.5 Å². The van der Waals surface area contributed by atoms with Gasteiger partial charge in [0.15, 0.2) is 0 Å². The highest BCUT2D eigenvalue weighted by atomic mass is 16.4. The lowest BCUT2D eigenvalue weighted by Crippen LogP contribution is -2.50. The van der Waals surface area contributed by atoms with Crippen molar-refractivity contribution in [2.24, 2.45) is 5.41 Å². The molecule has 1 saturated carbocycles. The highest BCUT2D eigenvalue weighted by molar-refractivity contribution is 5.88. The fraction of sp³-hybridized carbons (Fsp3) is 0.467. The number of fused-ring (bicyclic) bond motifs is 1. The van der Waals surface area contributed by atoms with E-state index in [9.17, 15) is 14.7 Å². The van der Waals surface area contributed by atoms with E-state index in [2.05, 4.69) is 10.6 Å². The number of para-hydroxylation sites is 1. The number of carbonyl (C=O) groups is 2. The summed E-state index contributed by atoms with van der Waals surface area (Å²) in [6.07, 6.45) is 2.89. The van der Waals surface area contributed by atoms with Crippen molar-refractivity contribution >= 4 is 17.6 Å². The van der Waals surface area contributed by atoms with Gasteiger partial charge in [-0.2, -0.15) is 0 Å². The molecule has 0 spiro atoms. The lowest BCUT2D eigenvalue weighted by atomic mass is 9.69. The number of rotatable bonds is 4. The SMILES string of the molecule is O=C(NCC1(C(=O)O)CCC1)[C@@H]1Cc2ccccc2N1. The first-order valence-electron chi connectivity index (χ1n) is 6.96. The molecule has 1 aromatic rings. The van der Waals surface area contributed by atoms with Gasteiger partial charge in [0.2, 0.25) is 5.91 Å². The molecule has 20 heavy (non-hydrogen) atoms. The molecule has 1 aliphatic heterocycles. The van der Waals surface area contributed by atoms with Crippen LogP contribution in [0.1, 0.15) is 24.8 Å². The zero-order chi connectivity index (χ0) is 14.2. The second-order valence-electron chi connectivity index (χ2n) is 5.72. The van der Waals surface area contributed by atoms with Gasteiger partial charge in [-0.15, -0.1) is 0 Å². The summed E-state index contributed by atoms with van der Waals surface area (Å²) in [6, 6.07) is 7.54. The Morgan fingerprint density at radius 3 is 2.70 bits per heavy atom. The Hall–Kier alpha value is -2.04. The molecule has 0 unspecified atom stereocenters. The summed E-state index contributed by atoms with van der Waals surface area (Å²) in [5, 5.41) is 15.2. The summed E-state index contributed by atoms with van der Waals surface area (Å²) >= 11 is 0. The maximum atomic E-state index is 12.2. The van der Waals surface area contributed by atoms with Gasteiger partial charge >= 0.3 is 5.97 Å². The average molecular weight is 274 g/mol. The van der Waals surface area contributed by atoms with E-state index in [1.54, 1.807) is 0 Å². The zero-order valence-corrected chi connectivity index (χ0v) is 11.2. The number of aliphatic carboxylic acids is 1. The van der Waals surface area contributed by atoms with Crippen LogP contribution in [0.5, 0.6) is 0 Å².